The summed E-state index contributed by atoms with van der Waals surface area (Å²) in [4.78, 5) is 11.1. The van der Waals surface area contributed by atoms with Gasteiger partial charge < -0.3 is 10.5 Å². The third kappa shape index (κ3) is 4.92. The molecule has 174 valence electrons. The summed E-state index contributed by atoms with van der Waals surface area (Å²) in [6.07, 6.45) is -0.409. The van der Waals surface area contributed by atoms with Crippen LogP contribution in [-0.4, -0.2) is 28.0 Å². The van der Waals surface area contributed by atoms with E-state index in [9.17, 15) is 30.8 Å². The molecule has 0 bridgehead atoms. The number of carbonyl (C=O) groups excluding carboxylic acids is 1. The quantitative estimate of drug-likeness (QED) is 0.498. The van der Waals surface area contributed by atoms with E-state index in [1.165, 1.54) is 31.4 Å². The number of methoxy groups -OCH3 is 1. The van der Waals surface area contributed by atoms with Crippen LogP contribution in [0.4, 0.5) is 23.2 Å². The summed E-state index contributed by atoms with van der Waals surface area (Å²) in [6, 6.07) is 9.34. The Morgan fingerprint density at radius 2 is 1.58 bits per heavy atom. The van der Waals surface area contributed by atoms with E-state index >= 15 is 0 Å². The summed E-state index contributed by atoms with van der Waals surface area (Å²) >= 11 is 0. The lowest BCUT2D eigenvalue weighted by atomic mass is 10.0. The maximum atomic E-state index is 14.3. The SMILES string of the molecule is COc1cccc(Cc2c(F)cccc2F)c1N(CC(N)=O)S(=O)(=O)c1ccc(F)c(F)c1. The number of halogens is 4. The standard InChI is InChI=1S/C22H18F4N2O4S/c1-32-20-7-2-4-13(10-15-16(23)5-3-6-17(15)24)22(20)28(12-21(27)29)33(30,31)14-8-9-18(25)19(26)11-14/h2-9,11H,10,12H2,1H3,(H2,27,29). The molecule has 0 unspecified atom stereocenters. The van der Waals surface area contributed by atoms with Gasteiger partial charge in [-0.1, -0.05) is 18.2 Å². The summed E-state index contributed by atoms with van der Waals surface area (Å²) in [7, 11) is -3.48. The van der Waals surface area contributed by atoms with E-state index in [4.69, 9.17) is 10.5 Å². The maximum Gasteiger partial charge on any atom is 0.265 e. The lowest BCUT2D eigenvalue weighted by Gasteiger charge is -2.27. The fourth-order valence-corrected chi connectivity index (χ4v) is 4.73. The zero-order chi connectivity index (χ0) is 24.3. The second kappa shape index (κ2) is 9.49. The summed E-state index contributed by atoms with van der Waals surface area (Å²) in [5, 5.41) is 0. The number of hydrogen-bond donors (Lipinski definition) is 1. The summed E-state index contributed by atoms with van der Waals surface area (Å²) in [5.41, 5.74) is 4.76. The van der Waals surface area contributed by atoms with Crippen LogP contribution in [0.15, 0.2) is 59.5 Å². The summed E-state index contributed by atoms with van der Waals surface area (Å²) in [6.45, 7) is -0.908. The van der Waals surface area contributed by atoms with Crippen molar-refractivity contribution in [3.05, 3.63) is 89.0 Å². The normalized spacial score (nSPS) is 11.3. The third-order valence-electron chi connectivity index (χ3n) is 4.76. The van der Waals surface area contributed by atoms with Gasteiger partial charge in [0.05, 0.1) is 17.7 Å². The molecule has 3 aromatic rings. The Bertz CT molecular complexity index is 1300. The Labute approximate surface area is 187 Å². The first-order valence-electron chi connectivity index (χ1n) is 9.41. The third-order valence-corrected chi connectivity index (χ3v) is 6.50. The Morgan fingerprint density at radius 3 is 2.15 bits per heavy atom. The highest BCUT2D eigenvalue weighted by Gasteiger charge is 2.32. The van der Waals surface area contributed by atoms with Crippen molar-refractivity contribution in [2.24, 2.45) is 5.73 Å². The van der Waals surface area contributed by atoms with Gasteiger partial charge in [-0.3, -0.25) is 9.10 Å². The van der Waals surface area contributed by atoms with Gasteiger partial charge >= 0.3 is 0 Å². The number of amides is 1. The van der Waals surface area contributed by atoms with E-state index in [1.807, 2.05) is 0 Å². The van der Waals surface area contributed by atoms with Gasteiger partial charge in [0.1, 0.15) is 23.9 Å². The van der Waals surface area contributed by atoms with E-state index in [0.29, 0.717) is 16.4 Å². The second-order valence-corrected chi connectivity index (χ2v) is 8.76. The summed E-state index contributed by atoms with van der Waals surface area (Å²) in [5.74, 6) is -5.57. The van der Waals surface area contributed by atoms with Gasteiger partial charge in [0.25, 0.3) is 10.0 Å². The van der Waals surface area contributed by atoms with Crippen LogP contribution < -0.4 is 14.8 Å². The monoisotopic (exact) mass is 482 g/mol. The number of nitrogens with two attached hydrogens (primary N) is 1. The minimum Gasteiger partial charge on any atom is -0.495 e. The minimum absolute atomic E-state index is 0.0587. The van der Waals surface area contributed by atoms with Crippen LogP contribution in [0.25, 0.3) is 0 Å². The van der Waals surface area contributed by atoms with E-state index in [1.54, 1.807) is 0 Å². The molecular weight excluding hydrogens is 464 g/mol. The van der Waals surface area contributed by atoms with Gasteiger partial charge in [0, 0.05) is 12.0 Å². The highest BCUT2D eigenvalue weighted by molar-refractivity contribution is 7.92. The van der Waals surface area contributed by atoms with Crippen molar-refractivity contribution in [1.82, 2.24) is 0 Å². The molecule has 0 atom stereocenters. The van der Waals surface area contributed by atoms with Crippen LogP contribution in [0.2, 0.25) is 0 Å². The number of rotatable bonds is 8. The first-order valence-corrected chi connectivity index (χ1v) is 10.8. The van der Waals surface area contributed by atoms with E-state index in [-0.39, 0.29) is 22.6 Å². The van der Waals surface area contributed by atoms with Gasteiger partial charge in [-0.25, -0.2) is 26.0 Å². The first-order chi connectivity index (χ1) is 15.6. The molecule has 0 aliphatic carbocycles. The average molecular weight is 482 g/mol. The predicted octanol–water partition coefficient (Wildman–Crippen LogP) is 3.52. The van der Waals surface area contributed by atoms with Gasteiger partial charge in [-0.2, -0.15) is 0 Å². The number of ether oxygens (including phenoxy) is 1. The van der Waals surface area contributed by atoms with Crippen molar-refractivity contribution < 1.29 is 35.5 Å². The van der Waals surface area contributed by atoms with Crippen molar-refractivity contribution in [2.75, 3.05) is 18.0 Å². The van der Waals surface area contributed by atoms with E-state index in [2.05, 4.69) is 0 Å². The number of para-hydroxylation sites is 1. The molecule has 0 aromatic heterocycles. The Morgan fingerprint density at radius 1 is 0.939 bits per heavy atom. The lowest BCUT2D eigenvalue weighted by Crippen LogP contribution is -2.39. The van der Waals surface area contributed by atoms with Crippen LogP contribution >= 0.6 is 0 Å². The number of benzene rings is 3. The van der Waals surface area contributed by atoms with Crippen LogP contribution in [0.3, 0.4) is 0 Å². The molecule has 1 amide bonds. The molecule has 2 N–H and O–H groups in total. The van der Waals surface area contributed by atoms with Crippen LogP contribution in [0.1, 0.15) is 11.1 Å². The zero-order valence-electron chi connectivity index (χ0n) is 17.2. The van der Waals surface area contributed by atoms with Crippen molar-refractivity contribution >= 4 is 21.6 Å². The smallest absolute Gasteiger partial charge is 0.265 e. The molecule has 33 heavy (non-hydrogen) atoms. The van der Waals surface area contributed by atoms with Crippen LogP contribution in [0, 0.1) is 23.3 Å². The molecule has 0 saturated carbocycles. The highest BCUT2D eigenvalue weighted by atomic mass is 32.2. The lowest BCUT2D eigenvalue weighted by molar-refractivity contribution is -0.116. The number of carbonyl (C=O) groups is 1. The fourth-order valence-electron chi connectivity index (χ4n) is 3.24. The van der Waals surface area contributed by atoms with Crippen molar-refractivity contribution in [1.29, 1.82) is 0 Å². The van der Waals surface area contributed by atoms with Crippen LogP contribution in [0.5, 0.6) is 5.75 Å². The Hall–Kier alpha value is -3.60. The number of primary amides is 1. The number of anilines is 1. The van der Waals surface area contributed by atoms with E-state index in [0.717, 1.165) is 18.2 Å². The predicted molar refractivity (Wildman–Crippen MR) is 112 cm³/mol. The molecule has 0 aliphatic rings. The van der Waals surface area contributed by atoms with Gasteiger partial charge in [0.15, 0.2) is 11.6 Å². The first kappa shape index (κ1) is 24.1. The largest absolute Gasteiger partial charge is 0.495 e. The van der Waals surface area contributed by atoms with Gasteiger partial charge in [-0.05, 0) is 42.0 Å². The topological polar surface area (TPSA) is 89.7 Å². The number of nitrogens with zero attached hydrogens (tertiary/aromatic N) is 1. The molecule has 0 fully saturated rings. The summed E-state index contributed by atoms with van der Waals surface area (Å²) < 4.78 is 88.2. The van der Waals surface area contributed by atoms with Crippen molar-refractivity contribution in [3.8, 4) is 5.75 Å². The second-order valence-electron chi connectivity index (χ2n) is 6.90. The molecule has 3 aromatic carbocycles. The molecule has 0 aliphatic heterocycles. The van der Waals surface area contributed by atoms with Gasteiger partial charge in [0.2, 0.25) is 5.91 Å². The molecule has 3 rings (SSSR count). The molecular formula is C22H18F4N2O4S. The number of sulfonamides is 1. The van der Waals surface area contributed by atoms with Crippen LogP contribution in [-0.2, 0) is 21.2 Å². The molecule has 11 heteroatoms. The fraction of sp³-hybridized carbons (Fsp3) is 0.136. The molecule has 6 nitrogen and oxygen atoms in total. The zero-order valence-corrected chi connectivity index (χ0v) is 18.0. The number of hydrogen-bond acceptors (Lipinski definition) is 4. The molecule has 0 spiro atoms. The molecule has 0 radical (unpaired) electrons. The Kier molecular flexibility index (Phi) is 6.92. The highest BCUT2D eigenvalue weighted by Crippen LogP contribution is 2.37. The van der Waals surface area contributed by atoms with Crippen molar-refractivity contribution in [2.45, 2.75) is 11.3 Å². The van der Waals surface area contributed by atoms with Crippen molar-refractivity contribution in [3.63, 3.8) is 0 Å². The van der Waals surface area contributed by atoms with E-state index < -0.39 is 57.1 Å². The average Bonchev–Trinajstić information content (AvgIpc) is 2.76. The molecule has 0 saturated heterocycles. The Balaban J connectivity index is 2.24. The minimum atomic E-state index is -4.70. The molecule has 0 heterocycles. The maximum absolute atomic E-state index is 14.3. The van der Waals surface area contributed by atoms with Gasteiger partial charge in [-0.15, -0.1) is 0 Å².